The topological polar surface area (TPSA) is 146 Å². The van der Waals surface area contributed by atoms with Crippen LogP contribution in [0.15, 0.2) is 11.3 Å². The molecule has 9 heteroatoms. The van der Waals surface area contributed by atoms with E-state index in [1.807, 2.05) is 4.57 Å². The van der Waals surface area contributed by atoms with Gasteiger partial charge >= 0.3 is 0 Å². The zero-order valence-electron chi connectivity index (χ0n) is 13.2. The largest absolute Gasteiger partial charge is 0.382 e. The number of hydrogen-bond acceptors (Lipinski definition) is 6. The van der Waals surface area contributed by atoms with Gasteiger partial charge in [0.15, 0.2) is 17.4 Å². The van der Waals surface area contributed by atoms with Gasteiger partial charge in [-0.3, -0.25) is 4.99 Å². The average molecular weight is 305 g/mol. The number of nitrogen functional groups attached to an aromatic ring is 1. The van der Waals surface area contributed by atoms with Crippen LogP contribution in [-0.2, 0) is 5.54 Å². The summed E-state index contributed by atoms with van der Waals surface area (Å²) in [6.07, 6.45) is 2.50. The first-order valence-electron chi connectivity index (χ1n) is 7.09. The molecule has 2 rings (SSSR count). The second-order valence-electron chi connectivity index (χ2n) is 5.98. The van der Waals surface area contributed by atoms with Crippen molar-refractivity contribution in [3.63, 3.8) is 0 Å². The fourth-order valence-electron chi connectivity index (χ4n) is 1.98. The van der Waals surface area contributed by atoms with E-state index in [1.165, 1.54) is 0 Å². The summed E-state index contributed by atoms with van der Waals surface area (Å²) in [6.45, 7) is 7.43. The number of nitrogens with two attached hydrogens (primary N) is 3. The van der Waals surface area contributed by atoms with Crippen LogP contribution in [0.3, 0.4) is 0 Å². The number of rotatable bonds is 5. The molecule has 22 heavy (non-hydrogen) atoms. The molecule has 0 unspecified atom stereocenters. The molecule has 0 radical (unpaired) electrons. The quantitative estimate of drug-likeness (QED) is 0.351. The van der Waals surface area contributed by atoms with Crippen LogP contribution in [0.1, 0.15) is 27.2 Å². The van der Waals surface area contributed by atoms with Gasteiger partial charge in [-0.2, -0.15) is 9.97 Å². The molecule has 2 heterocycles. The molecule has 2 aromatic rings. The Hall–Kier alpha value is -2.58. The standard InChI is InChI=1S/C13H23N9/c1-13(2,3)22-7-19-8-9(14)20-12(21-10(8)22)18-6-4-5-17-11(15)16/h7H,4-6H2,1-3H3,(H4,15,16,17)(H3,14,18,20,21). The van der Waals surface area contributed by atoms with Crippen LogP contribution in [0.2, 0.25) is 0 Å². The minimum atomic E-state index is -0.139. The molecule has 0 fully saturated rings. The van der Waals surface area contributed by atoms with Crippen LogP contribution in [0.4, 0.5) is 11.8 Å². The molecule has 7 N–H and O–H groups in total. The van der Waals surface area contributed by atoms with Crippen LogP contribution in [0.25, 0.3) is 11.2 Å². The molecule has 2 aromatic heterocycles. The molecule has 9 nitrogen and oxygen atoms in total. The molecule has 0 aromatic carbocycles. The van der Waals surface area contributed by atoms with E-state index in [0.29, 0.717) is 36.0 Å². The number of fused-ring (bicyclic) bond motifs is 1. The Kier molecular flexibility index (Phi) is 4.34. The lowest BCUT2D eigenvalue weighted by molar-refractivity contribution is 0.406. The molecule has 0 atom stereocenters. The summed E-state index contributed by atoms with van der Waals surface area (Å²) in [5.41, 5.74) is 17.7. The predicted molar refractivity (Wildman–Crippen MR) is 88.5 cm³/mol. The van der Waals surface area contributed by atoms with E-state index in [9.17, 15) is 0 Å². The van der Waals surface area contributed by atoms with Crippen molar-refractivity contribution >= 4 is 28.9 Å². The average Bonchev–Trinajstić information content (AvgIpc) is 2.82. The Labute approximate surface area is 129 Å². The Bertz CT molecular complexity index is 677. The first-order chi connectivity index (χ1) is 10.3. The summed E-state index contributed by atoms with van der Waals surface area (Å²) in [5, 5.41) is 3.13. The summed E-state index contributed by atoms with van der Waals surface area (Å²) >= 11 is 0. The third-order valence-corrected chi connectivity index (χ3v) is 3.06. The number of hydrogen-bond donors (Lipinski definition) is 4. The fourth-order valence-corrected chi connectivity index (χ4v) is 1.98. The molecule has 0 aliphatic rings. The van der Waals surface area contributed by atoms with Gasteiger partial charge in [-0.05, 0) is 27.2 Å². The number of imidazole rings is 1. The highest BCUT2D eigenvalue weighted by Gasteiger charge is 2.19. The molecule has 0 spiro atoms. The smallest absolute Gasteiger partial charge is 0.226 e. The van der Waals surface area contributed by atoms with E-state index >= 15 is 0 Å². The SMILES string of the molecule is CC(C)(C)n1cnc2c(N)nc(NCCCN=C(N)N)nc21. The zero-order valence-corrected chi connectivity index (χ0v) is 13.2. The zero-order chi connectivity index (χ0) is 16.3. The lowest BCUT2D eigenvalue weighted by Crippen LogP contribution is -2.23. The molecular weight excluding hydrogens is 282 g/mol. The number of nitrogens with zero attached hydrogens (tertiary/aromatic N) is 5. The summed E-state index contributed by atoms with van der Waals surface area (Å²) in [5.74, 6) is 0.927. The predicted octanol–water partition coefficient (Wildman–Crippen LogP) is 0.239. The van der Waals surface area contributed by atoms with Crippen molar-refractivity contribution in [2.24, 2.45) is 16.5 Å². The van der Waals surface area contributed by atoms with E-state index in [4.69, 9.17) is 17.2 Å². The van der Waals surface area contributed by atoms with Gasteiger partial charge < -0.3 is 27.1 Å². The molecule has 0 bridgehead atoms. The van der Waals surface area contributed by atoms with Crippen molar-refractivity contribution in [2.75, 3.05) is 24.1 Å². The Morgan fingerprint density at radius 1 is 1.32 bits per heavy atom. The lowest BCUT2D eigenvalue weighted by atomic mass is 10.1. The van der Waals surface area contributed by atoms with E-state index in [2.05, 4.69) is 46.0 Å². The molecular formula is C13H23N9. The van der Waals surface area contributed by atoms with Gasteiger partial charge in [-0.15, -0.1) is 0 Å². The summed E-state index contributed by atoms with van der Waals surface area (Å²) < 4.78 is 1.98. The second kappa shape index (κ2) is 6.04. The van der Waals surface area contributed by atoms with Crippen LogP contribution >= 0.6 is 0 Å². The van der Waals surface area contributed by atoms with Crippen molar-refractivity contribution in [2.45, 2.75) is 32.7 Å². The normalized spacial score (nSPS) is 11.6. The highest BCUT2D eigenvalue weighted by atomic mass is 15.2. The number of nitrogens with one attached hydrogen (secondary N) is 1. The number of aromatic nitrogens is 4. The third-order valence-electron chi connectivity index (χ3n) is 3.06. The molecule has 0 saturated heterocycles. The van der Waals surface area contributed by atoms with Crippen LogP contribution in [-0.4, -0.2) is 38.6 Å². The van der Waals surface area contributed by atoms with E-state index in [0.717, 1.165) is 6.42 Å². The maximum absolute atomic E-state index is 5.96. The number of aliphatic imine (C=N–C) groups is 1. The van der Waals surface area contributed by atoms with Gasteiger partial charge in [0.2, 0.25) is 5.95 Å². The molecule has 0 aliphatic carbocycles. The molecule has 0 amide bonds. The first kappa shape index (κ1) is 15.8. The van der Waals surface area contributed by atoms with Crippen LogP contribution in [0, 0.1) is 0 Å². The van der Waals surface area contributed by atoms with Crippen molar-refractivity contribution in [3.05, 3.63) is 6.33 Å². The van der Waals surface area contributed by atoms with E-state index in [1.54, 1.807) is 6.33 Å². The second-order valence-corrected chi connectivity index (χ2v) is 5.98. The van der Waals surface area contributed by atoms with Crippen molar-refractivity contribution < 1.29 is 0 Å². The maximum Gasteiger partial charge on any atom is 0.226 e. The first-order valence-corrected chi connectivity index (χ1v) is 7.09. The Balaban J connectivity index is 2.16. The number of anilines is 2. The van der Waals surface area contributed by atoms with Crippen molar-refractivity contribution in [1.29, 1.82) is 0 Å². The lowest BCUT2D eigenvalue weighted by Gasteiger charge is -2.21. The van der Waals surface area contributed by atoms with Crippen LogP contribution in [0.5, 0.6) is 0 Å². The summed E-state index contributed by atoms with van der Waals surface area (Å²) in [6, 6.07) is 0. The maximum atomic E-state index is 5.96. The van der Waals surface area contributed by atoms with Crippen molar-refractivity contribution in [1.82, 2.24) is 19.5 Å². The van der Waals surface area contributed by atoms with Gasteiger partial charge in [0.25, 0.3) is 0 Å². The van der Waals surface area contributed by atoms with Gasteiger partial charge in [0.1, 0.15) is 5.52 Å². The minimum Gasteiger partial charge on any atom is -0.382 e. The highest BCUT2D eigenvalue weighted by molar-refractivity contribution is 5.83. The summed E-state index contributed by atoms with van der Waals surface area (Å²) in [4.78, 5) is 16.9. The monoisotopic (exact) mass is 305 g/mol. The van der Waals surface area contributed by atoms with Crippen molar-refractivity contribution in [3.8, 4) is 0 Å². The fraction of sp³-hybridized carbons (Fsp3) is 0.538. The minimum absolute atomic E-state index is 0.0935. The highest BCUT2D eigenvalue weighted by Crippen LogP contribution is 2.24. The third kappa shape index (κ3) is 3.54. The Morgan fingerprint density at radius 3 is 2.68 bits per heavy atom. The molecule has 0 saturated carbocycles. The summed E-state index contributed by atoms with van der Waals surface area (Å²) in [7, 11) is 0. The van der Waals surface area contributed by atoms with Gasteiger partial charge in [0, 0.05) is 18.6 Å². The van der Waals surface area contributed by atoms with Gasteiger partial charge in [0.05, 0.1) is 6.33 Å². The van der Waals surface area contributed by atoms with E-state index < -0.39 is 0 Å². The number of guanidine groups is 1. The van der Waals surface area contributed by atoms with E-state index in [-0.39, 0.29) is 11.5 Å². The van der Waals surface area contributed by atoms with Gasteiger partial charge in [-0.1, -0.05) is 0 Å². The Morgan fingerprint density at radius 2 is 2.05 bits per heavy atom. The van der Waals surface area contributed by atoms with Gasteiger partial charge in [-0.25, -0.2) is 4.98 Å². The van der Waals surface area contributed by atoms with Crippen LogP contribution < -0.4 is 22.5 Å². The molecule has 120 valence electrons. The molecule has 0 aliphatic heterocycles.